The number of carbonyl (C=O) groups excluding carboxylic acids is 1. The zero-order chi connectivity index (χ0) is 9.02. The van der Waals surface area contributed by atoms with Crippen molar-refractivity contribution in [3.63, 3.8) is 0 Å². The van der Waals surface area contributed by atoms with E-state index < -0.39 is 6.10 Å². The van der Waals surface area contributed by atoms with Crippen molar-refractivity contribution >= 4 is 5.91 Å². The zero-order valence-corrected chi connectivity index (χ0v) is 7.46. The van der Waals surface area contributed by atoms with Crippen molar-refractivity contribution in [2.24, 2.45) is 0 Å². The first kappa shape index (κ1) is 10.4. The van der Waals surface area contributed by atoms with Gasteiger partial charge in [-0.05, 0) is 21.0 Å². The molecule has 0 saturated heterocycles. The van der Waals surface area contributed by atoms with Gasteiger partial charge in [0.15, 0.2) is 0 Å². The molecule has 0 aliphatic heterocycles. The highest BCUT2D eigenvalue weighted by Gasteiger charge is 2.22. The molecule has 11 heavy (non-hydrogen) atoms. The molecule has 2 N–H and O–H groups in total. The van der Waals surface area contributed by atoms with Crippen LogP contribution < -0.4 is 5.32 Å². The maximum atomic E-state index is 10.9. The van der Waals surface area contributed by atoms with Crippen molar-refractivity contribution in [3.05, 3.63) is 0 Å². The van der Waals surface area contributed by atoms with Gasteiger partial charge in [-0.2, -0.15) is 0 Å². The van der Waals surface area contributed by atoms with Crippen LogP contribution in [0.5, 0.6) is 0 Å². The van der Waals surface area contributed by atoms with Gasteiger partial charge in [0.05, 0.1) is 0 Å². The molecule has 66 valence electrons. The SMILES string of the molecule is CNC(=O)C(O)C(C)N(C)C. The smallest absolute Gasteiger partial charge is 0.250 e. The number of nitrogens with zero attached hydrogens (tertiary/aromatic N) is 1. The van der Waals surface area contributed by atoms with Crippen LogP contribution in [0.3, 0.4) is 0 Å². The Balaban J connectivity index is 4.01. The molecule has 0 saturated carbocycles. The van der Waals surface area contributed by atoms with E-state index in [1.165, 1.54) is 7.05 Å². The molecule has 2 unspecified atom stereocenters. The van der Waals surface area contributed by atoms with Crippen molar-refractivity contribution in [2.75, 3.05) is 21.1 Å². The fourth-order valence-corrected chi connectivity index (χ4v) is 0.649. The van der Waals surface area contributed by atoms with Crippen LogP contribution in [0.4, 0.5) is 0 Å². The number of nitrogens with one attached hydrogen (secondary N) is 1. The molecular weight excluding hydrogens is 144 g/mol. The Hall–Kier alpha value is -0.610. The lowest BCUT2D eigenvalue weighted by molar-refractivity contribution is -0.131. The monoisotopic (exact) mass is 160 g/mol. The quantitative estimate of drug-likeness (QED) is 0.559. The zero-order valence-electron chi connectivity index (χ0n) is 7.46. The summed E-state index contributed by atoms with van der Waals surface area (Å²) in [5.41, 5.74) is 0. The van der Waals surface area contributed by atoms with Gasteiger partial charge in [-0.15, -0.1) is 0 Å². The molecule has 1 amide bonds. The molecule has 0 aromatic rings. The summed E-state index contributed by atoms with van der Waals surface area (Å²) in [5.74, 6) is -0.341. The lowest BCUT2D eigenvalue weighted by Crippen LogP contribution is -2.45. The standard InChI is InChI=1S/C7H16N2O2/c1-5(9(3)4)6(10)7(11)8-2/h5-6,10H,1-4H3,(H,8,11). The van der Waals surface area contributed by atoms with Crippen molar-refractivity contribution in [1.29, 1.82) is 0 Å². The van der Waals surface area contributed by atoms with Gasteiger partial charge >= 0.3 is 0 Å². The van der Waals surface area contributed by atoms with Gasteiger partial charge in [0.1, 0.15) is 6.10 Å². The number of hydrogen-bond donors (Lipinski definition) is 2. The van der Waals surface area contributed by atoms with Gasteiger partial charge < -0.3 is 15.3 Å². The summed E-state index contributed by atoms with van der Waals surface area (Å²) < 4.78 is 0. The average molecular weight is 160 g/mol. The van der Waals surface area contributed by atoms with Crippen molar-refractivity contribution in [1.82, 2.24) is 10.2 Å². The summed E-state index contributed by atoms with van der Waals surface area (Å²) in [4.78, 5) is 12.7. The summed E-state index contributed by atoms with van der Waals surface area (Å²) in [6.07, 6.45) is -0.949. The summed E-state index contributed by atoms with van der Waals surface area (Å²) in [6, 6.07) is -0.157. The second-order valence-electron chi connectivity index (χ2n) is 2.76. The van der Waals surface area contributed by atoms with E-state index in [2.05, 4.69) is 5.32 Å². The molecule has 0 rings (SSSR count). The molecule has 0 radical (unpaired) electrons. The van der Waals surface area contributed by atoms with Gasteiger partial charge in [0.25, 0.3) is 0 Å². The molecular formula is C7H16N2O2. The number of carbonyl (C=O) groups is 1. The van der Waals surface area contributed by atoms with E-state index in [0.29, 0.717) is 0 Å². The molecule has 4 heteroatoms. The van der Waals surface area contributed by atoms with Gasteiger partial charge in [-0.1, -0.05) is 0 Å². The van der Waals surface area contributed by atoms with Crippen LogP contribution in [0, 0.1) is 0 Å². The van der Waals surface area contributed by atoms with E-state index in [1.807, 2.05) is 14.1 Å². The molecule has 0 aromatic carbocycles. The number of aliphatic hydroxyl groups is 1. The molecule has 2 atom stereocenters. The molecule has 0 aromatic heterocycles. The average Bonchev–Trinajstić information content (AvgIpc) is 2.00. The first-order chi connectivity index (χ1) is 5.00. The Morgan fingerprint density at radius 1 is 1.55 bits per heavy atom. The Morgan fingerprint density at radius 2 is 2.00 bits per heavy atom. The first-order valence-electron chi connectivity index (χ1n) is 3.56. The van der Waals surface area contributed by atoms with Crippen LogP contribution in [0.1, 0.15) is 6.92 Å². The van der Waals surface area contributed by atoms with Crippen LogP contribution in [0.15, 0.2) is 0 Å². The number of amides is 1. The summed E-state index contributed by atoms with van der Waals surface area (Å²) >= 11 is 0. The summed E-state index contributed by atoms with van der Waals surface area (Å²) in [6.45, 7) is 1.79. The number of hydrogen-bond acceptors (Lipinski definition) is 3. The van der Waals surface area contributed by atoms with Gasteiger partial charge in [-0.25, -0.2) is 0 Å². The van der Waals surface area contributed by atoms with E-state index >= 15 is 0 Å². The van der Waals surface area contributed by atoms with Crippen molar-refractivity contribution in [3.8, 4) is 0 Å². The minimum atomic E-state index is -0.949. The van der Waals surface area contributed by atoms with E-state index in [0.717, 1.165) is 0 Å². The predicted octanol–water partition coefficient (Wildman–Crippen LogP) is -0.957. The second-order valence-corrected chi connectivity index (χ2v) is 2.76. The third-order valence-corrected chi connectivity index (χ3v) is 1.79. The van der Waals surface area contributed by atoms with Gasteiger partial charge in [-0.3, -0.25) is 4.79 Å². The minimum absolute atomic E-state index is 0.157. The Kier molecular flexibility index (Phi) is 4.07. The lowest BCUT2D eigenvalue weighted by atomic mass is 10.1. The van der Waals surface area contributed by atoms with E-state index in [9.17, 15) is 9.90 Å². The van der Waals surface area contributed by atoms with Gasteiger partial charge in [0, 0.05) is 13.1 Å². The first-order valence-corrected chi connectivity index (χ1v) is 3.56. The largest absolute Gasteiger partial charge is 0.382 e. The van der Waals surface area contributed by atoms with Crippen molar-refractivity contribution in [2.45, 2.75) is 19.1 Å². The molecule has 0 spiro atoms. The molecule has 0 bridgehead atoms. The van der Waals surface area contributed by atoms with Crippen LogP contribution in [-0.2, 0) is 4.79 Å². The highest BCUT2D eigenvalue weighted by atomic mass is 16.3. The Labute approximate surface area is 67.2 Å². The third kappa shape index (κ3) is 2.86. The predicted molar refractivity (Wildman–Crippen MR) is 43.2 cm³/mol. The van der Waals surface area contributed by atoms with Crippen LogP contribution in [0.25, 0.3) is 0 Å². The number of rotatable bonds is 3. The van der Waals surface area contributed by atoms with E-state index in [4.69, 9.17) is 0 Å². The maximum absolute atomic E-state index is 10.9. The Bertz CT molecular complexity index is 136. The molecule has 0 fully saturated rings. The minimum Gasteiger partial charge on any atom is -0.382 e. The topological polar surface area (TPSA) is 52.6 Å². The highest BCUT2D eigenvalue weighted by Crippen LogP contribution is 1.98. The fourth-order valence-electron chi connectivity index (χ4n) is 0.649. The maximum Gasteiger partial charge on any atom is 0.250 e. The summed E-state index contributed by atoms with van der Waals surface area (Å²) in [7, 11) is 5.14. The second kappa shape index (κ2) is 4.31. The normalized spacial score (nSPS) is 16.2. The lowest BCUT2D eigenvalue weighted by Gasteiger charge is -2.23. The van der Waals surface area contributed by atoms with E-state index in [1.54, 1.807) is 11.8 Å². The number of aliphatic hydroxyl groups excluding tert-OH is 1. The van der Waals surface area contributed by atoms with Crippen LogP contribution in [-0.4, -0.2) is 49.2 Å². The molecule has 4 nitrogen and oxygen atoms in total. The van der Waals surface area contributed by atoms with Crippen LogP contribution in [0.2, 0.25) is 0 Å². The fraction of sp³-hybridized carbons (Fsp3) is 0.857. The molecule has 0 aliphatic carbocycles. The highest BCUT2D eigenvalue weighted by molar-refractivity contribution is 5.80. The number of likely N-dealkylation sites (N-methyl/N-ethyl adjacent to an activating group) is 2. The van der Waals surface area contributed by atoms with Crippen LogP contribution >= 0.6 is 0 Å². The van der Waals surface area contributed by atoms with E-state index in [-0.39, 0.29) is 11.9 Å². The Morgan fingerprint density at radius 3 is 2.27 bits per heavy atom. The third-order valence-electron chi connectivity index (χ3n) is 1.79. The van der Waals surface area contributed by atoms with Gasteiger partial charge in [0.2, 0.25) is 5.91 Å². The van der Waals surface area contributed by atoms with Crippen molar-refractivity contribution < 1.29 is 9.90 Å². The molecule has 0 aliphatic rings. The summed E-state index contributed by atoms with van der Waals surface area (Å²) in [5, 5.41) is 11.7. The molecule has 0 heterocycles.